The zero-order valence-electron chi connectivity index (χ0n) is 8.15. The number of carboxylic acid groups (broad SMARTS) is 1. The fourth-order valence-electron chi connectivity index (χ4n) is 1.19. The normalized spacial score (nSPS) is 10.4. The van der Waals surface area contributed by atoms with Crippen LogP contribution in [0.3, 0.4) is 0 Å². The van der Waals surface area contributed by atoms with Gasteiger partial charge in [0.2, 0.25) is 0 Å². The monoisotopic (exact) mass is 192 g/mol. The van der Waals surface area contributed by atoms with Gasteiger partial charge in [0.1, 0.15) is 5.75 Å². The Bertz CT molecular complexity index is 367. The third-order valence-corrected chi connectivity index (χ3v) is 1.95. The molecule has 1 aromatic rings. The van der Waals surface area contributed by atoms with E-state index in [1.165, 1.54) is 0 Å². The Balaban J connectivity index is 3.03. The largest absolute Gasteiger partial charge is 0.496 e. The molecule has 0 amide bonds. The number of ether oxygens (including phenoxy) is 1. The SMILES string of the molecule is COc1cccc(/C=C/C(=O)O)c1C. The summed E-state index contributed by atoms with van der Waals surface area (Å²) in [5, 5.41) is 8.47. The molecule has 0 atom stereocenters. The molecule has 14 heavy (non-hydrogen) atoms. The first kappa shape index (κ1) is 10.3. The predicted octanol–water partition coefficient (Wildman–Crippen LogP) is 2.10. The maximum Gasteiger partial charge on any atom is 0.328 e. The molecule has 74 valence electrons. The van der Waals surface area contributed by atoms with E-state index in [0.717, 1.165) is 23.0 Å². The summed E-state index contributed by atoms with van der Waals surface area (Å²) in [7, 11) is 1.59. The molecule has 3 nitrogen and oxygen atoms in total. The summed E-state index contributed by atoms with van der Waals surface area (Å²) >= 11 is 0. The highest BCUT2D eigenvalue weighted by Crippen LogP contribution is 2.21. The molecule has 0 aliphatic rings. The molecule has 3 heteroatoms. The maximum atomic E-state index is 10.3. The van der Waals surface area contributed by atoms with Gasteiger partial charge >= 0.3 is 5.97 Å². The molecule has 0 unspecified atom stereocenters. The summed E-state index contributed by atoms with van der Waals surface area (Å²) in [5.41, 5.74) is 1.79. The van der Waals surface area contributed by atoms with Crippen LogP contribution in [-0.4, -0.2) is 18.2 Å². The van der Waals surface area contributed by atoms with Crippen LogP contribution < -0.4 is 4.74 Å². The van der Waals surface area contributed by atoms with E-state index < -0.39 is 5.97 Å². The summed E-state index contributed by atoms with van der Waals surface area (Å²) in [4.78, 5) is 10.3. The molecule has 0 saturated heterocycles. The Kier molecular flexibility index (Phi) is 3.29. The van der Waals surface area contributed by atoms with Gasteiger partial charge in [-0.3, -0.25) is 0 Å². The zero-order valence-corrected chi connectivity index (χ0v) is 8.15. The van der Waals surface area contributed by atoms with E-state index in [2.05, 4.69) is 0 Å². The van der Waals surface area contributed by atoms with Crippen LogP contribution in [0.5, 0.6) is 5.75 Å². The molecule has 0 aromatic heterocycles. The Labute approximate surface area is 82.6 Å². The van der Waals surface area contributed by atoms with E-state index in [1.54, 1.807) is 13.2 Å². The quantitative estimate of drug-likeness (QED) is 0.746. The smallest absolute Gasteiger partial charge is 0.328 e. The standard InChI is InChI=1S/C11H12O3/c1-8-9(6-7-11(12)13)4-3-5-10(8)14-2/h3-7H,1-2H3,(H,12,13)/b7-6+. The number of carbonyl (C=O) groups is 1. The highest BCUT2D eigenvalue weighted by molar-refractivity contribution is 5.85. The Hall–Kier alpha value is -1.77. The lowest BCUT2D eigenvalue weighted by molar-refractivity contribution is -0.131. The average Bonchev–Trinajstić information content (AvgIpc) is 2.16. The van der Waals surface area contributed by atoms with E-state index in [-0.39, 0.29) is 0 Å². The third kappa shape index (κ3) is 2.36. The van der Waals surface area contributed by atoms with Crippen LogP contribution in [0.1, 0.15) is 11.1 Å². The van der Waals surface area contributed by atoms with E-state index >= 15 is 0 Å². The first-order chi connectivity index (χ1) is 6.65. The van der Waals surface area contributed by atoms with Gasteiger partial charge in [-0.1, -0.05) is 12.1 Å². The fourth-order valence-corrected chi connectivity index (χ4v) is 1.19. The predicted molar refractivity (Wildman–Crippen MR) is 54.4 cm³/mol. The van der Waals surface area contributed by atoms with Gasteiger partial charge in [0.15, 0.2) is 0 Å². The van der Waals surface area contributed by atoms with Crippen molar-refractivity contribution >= 4 is 12.0 Å². The second kappa shape index (κ2) is 4.46. The lowest BCUT2D eigenvalue weighted by Crippen LogP contribution is -1.90. The van der Waals surface area contributed by atoms with Crippen LogP contribution in [-0.2, 0) is 4.79 Å². The number of rotatable bonds is 3. The third-order valence-electron chi connectivity index (χ3n) is 1.95. The lowest BCUT2D eigenvalue weighted by Gasteiger charge is -2.06. The molecular formula is C11H12O3. The number of aliphatic carboxylic acids is 1. The highest BCUT2D eigenvalue weighted by atomic mass is 16.5. The van der Waals surface area contributed by atoms with Crippen molar-refractivity contribution in [1.82, 2.24) is 0 Å². The van der Waals surface area contributed by atoms with Crippen molar-refractivity contribution in [2.45, 2.75) is 6.92 Å². The first-order valence-electron chi connectivity index (χ1n) is 4.19. The van der Waals surface area contributed by atoms with Crippen LogP contribution >= 0.6 is 0 Å². The summed E-state index contributed by atoms with van der Waals surface area (Å²) in [6, 6.07) is 5.51. The van der Waals surface area contributed by atoms with Crippen LogP contribution in [0.15, 0.2) is 24.3 Å². The van der Waals surface area contributed by atoms with Crippen molar-refractivity contribution < 1.29 is 14.6 Å². The van der Waals surface area contributed by atoms with Gasteiger partial charge in [0, 0.05) is 6.08 Å². The average molecular weight is 192 g/mol. The van der Waals surface area contributed by atoms with Crippen LogP contribution in [0, 0.1) is 6.92 Å². The Morgan fingerprint density at radius 2 is 2.21 bits per heavy atom. The fraction of sp³-hybridized carbons (Fsp3) is 0.182. The van der Waals surface area contributed by atoms with Gasteiger partial charge in [-0.25, -0.2) is 4.79 Å². The molecule has 1 rings (SSSR count). The van der Waals surface area contributed by atoms with Crippen molar-refractivity contribution in [3.05, 3.63) is 35.4 Å². The minimum absolute atomic E-state index is 0.762. The maximum absolute atomic E-state index is 10.3. The van der Waals surface area contributed by atoms with E-state index in [0.29, 0.717) is 0 Å². The van der Waals surface area contributed by atoms with Gasteiger partial charge in [-0.05, 0) is 30.2 Å². The van der Waals surface area contributed by atoms with Crippen LogP contribution in [0.2, 0.25) is 0 Å². The second-order valence-corrected chi connectivity index (χ2v) is 2.85. The second-order valence-electron chi connectivity index (χ2n) is 2.85. The summed E-state index contributed by atoms with van der Waals surface area (Å²) in [6.07, 6.45) is 2.67. The van der Waals surface area contributed by atoms with Gasteiger partial charge in [0.25, 0.3) is 0 Å². The van der Waals surface area contributed by atoms with Crippen molar-refractivity contribution in [3.8, 4) is 5.75 Å². The molecule has 0 radical (unpaired) electrons. The first-order valence-corrected chi connectivity index (χ1v) is 4.19. The van der Waals surface area contributed by atoms with E-state index in [9.17, 15) is 4.79 Å². The Morgan fingerprint density at radius 1 is 1.50 bits per heavy atom. The molecule has 0 bridgehead atoms. The van der Waals surface area contributed by atoms with Crippen molar-refractivity contribution in [3.63, 3.8) is 0 Å². The van der Waals surface area contributed by atoms with Crippen molar-refractivity contribution in [1.29, 1.82) is 0 Å². The number of methoxy groups -OCH3 is 1. The minimum Gasteiger partial charge on any atom is -0.496 e. The molecule has 1 aromatic carbocycles. The summed E-state index contributed by atoms with van der Waals surface area (Å²) in [6.45, 7) is 1.89. The summed E-state index contributed by atoms with van der Waals surface area (Å²) in [5.74, 6) is -0.190. The number of hydrogen-bond acceptors (Lipinski definition) is 2. The van der Waals surface area contributed by atoms with Gasteiger partial charge < -0.3 is 9.84 Å². The van der Waals surface area contributed by atoms with E-state index in [4.69, 9.17) is 9.84 Å². The van der Waals surface area contributed by atoms with Gasteiger partial charge in [-0.2, -0.15) is 0 Å². The molecule has 0 aliphatic heterocycles. The van der Waals surface area contributed by atoms with Gasteiger partial charge in [0.05, 0.1) is 7.11 Å². The molecule has 1 N–H and O–H groups in total. The highest BCUT2D eigenvalue weighted by Gasteiger charge is 2.00. The molecule has 0 saturated carbocycles. The van der Waals surface area contributed by atoms with Gasteiger partial charge in [-0.15, -0.1) is 0 Å². The molecular weight excluding hydrogens is 180 g/mol. The number of benzene rings is 1. The van der Waals surface area contributed by atoms with Crippen LogP contribution in [0.4, 0.5) is 0 Å². The number of carboxylic acids is 1. The van der Waals surface area contributed by atoms with Crippen LogP contribution in [0.25, 0.3) is 6.08 Å². The zero-order chi connectivity index (χ0) is 10.6. The molecule has 0 spiro atoms. The Morgan fingerprint density at radius 3 is 2.79 bits per heavy atom. The number of hydrogen-bond donors (Lipinski definition) is 1. The molecule has 0 fully saturated rings. The van der Waals surface area contributed by atoms with E-state index in [1.807, 2.05) is 25.1 Å². The van der Waals surface area contributed by atoms with Crippen molar-refractivity contribution in [2.24, 2.45) is 0 Å². The topological polar surface area (TPSA) is 46.5 Å². The minimum atomic E-state index is -0.952. The lowest BCUT2D eigenvalue weighted by atomic mass is 10.1. The molecule has 0 aliphatic carbocycles. The molecule has 0 heterocycles. The van der Waals surface area contributed by atoms with Crippen molar-refractivity contribution in [2.75, 3.05) is 7.11 Å². The summed E-state index contributed by atoms with van der Waals surface area (Å²) < 4.78 is 5.11.